The molecule has 16 nitrogen and oxygen atoms in total. The van der Waals surface area contributed by atoms with Crippen LogP contribution in [0, 0.1) is 5.92 Å². The molecule has 238 valence electrons. The number of nitrogens with zero attached hydrogens (tertiary/aromatic N) is 2. The number of aldehydes is 1. The summed E-state index contributed by atoms with van der Waals surface area (Å²) in [5.41, 5.74) is 22.0. The summed E-state index contributed by atoms with van der Waals surface area (Å²) in [6.45, 7) is 3.84. The molecule has 4 amide bonds. The summed E-state index contributed by atoms with van der Waals surface area (Å²) in [4.78, 5) is 70.3. The maximum atomic E-state index is 13.3. The van der Waals surface area contributed by atoms with E-state index in [1.54, 1.807) is 44.2 Å². The predicted octanol–water partition coefficient (Wildman–Crippen LogP) is -1.72. The third-order valence-corrected chi connectivity index (χ3v) is 6.16. The molecule has 1 aromatic rings. The molecule has 0 spiro atoms. The highest BCUT2D eigenvalue weighted by molar-refractivity contribution is 5.93. The molecule has 0 aliphatic heterocycles. The van der Waals surface area contributed by atoms with E-state index in [4.69, 9.17) is 22.9 Å². The quantitative estimate of drug-likeness (QED) is 0.0372. The van der Waals surface area contributed by atoms with Crippen molar-refractivity contribution >= 4 is 42.0 Å². The highest BCUT2D eigenvalue weighted by Crippen LogP contribution is 2.08. The molecular formula is C27H44N10O6. The lowest BCUT2D eigenvalue weighted by atomic mass is 10.0. The van der Waals surface area contributed by atoms with Crippen LogP contribution in [0.4, 0.5) is 4.79 Å². The number of nitrogens with two attached hydrogens (primary N) is 4. The molecule has 0 heterocycles. The maximum absolute atomic E-state index is 13.3. The van der Waals surface area contributed by atoms with Crippen molar-refractivity contribution in [2.75, 3.05) is 13.1 Å². The zero-order chi connectivity index (χ0) is 32.4. The molecule has 1 aromatic carbocycles. The summed E-state index contributed by atoms with van der Waals surface area (Å²) in [6, 6.07) is 3.51. The van der Waals surface area contributed by atoms with Crippen LogP contribution in [0.1, 0.15) is 45.1 Å². The minimum atomic E-state index is -1.27. The molecule has 0 saturated carbocycles. The van der Waals surface area contributed by atoms with E-state index in [2.05, 4.69) is 31.3 Å². The number of carbonyl (C=O) groups excluding carboxylic acids is 4. The summed E-state index contributed by atoms with van der Waals surface area (Å²) >= 11 is 0. The number of hydrogen-bond donors (Lipinski definition) is 9. The number of urea groups is 1. The summed E-state index contributed by atoms with van der Waals surface area (Å²) < 4.78 is 0. The lowest BCUT2D eigenvalue weighted by molar-refractivity contribution is -0.139. The Morgan fingerprint density at radius 3 is 1.88 bits per heavy atom. The molecule has 0 aliphatic carbocycles. The number of carboxylic acid groups (broad SMARTS) is 1. The van der Waals surface area contributed by atoms with Crippen molar-refractivity contribution in [3.63, 3.8) is 0 Å². The van der Waals surface area contributed by atoms with Crippen LogP contribution in [0.5, 0.6) is 0 Å². The van der Waals surface area contributed by atoms with E-state index in [9.17, 15) is 29.1 Å². The first-order valence-electron chi connectivity index (χ1n) is 13.8. The first kappa shape index (κ1) is 36.1. The van der Waals surface area contributed by atoms with E-state index in [0.29, 0.717) is 18.3 Å². The van der Waals surface area contributed by atoms with Gasteiger partial charge in [-0.25, -0.2) is 9.59 Å². The molecule has 13 N–H and O–H groups in total. The van der Waals surface area contributed by atoms with Gasteiger partial charge in [-0.15, -0.1) is 0 Å². The van der Waals surface area contributed by atoms with Gasteiger partial charge in [0.05, 0.1) is 6.04 Å². The molecule has 0 bridgehead atoms. The standard InChI is InChI=1S/C27H44N10O6/c1-16(2)21(23(40)34-18(15-38)10-6-12-32-25(28)29)37-22(39)19(11-7-13-33-26(30)31)35-27(43)36-20(24(41)42)14-17-8-4-3-5-9-17/h3-5,8-9,15-16,18-21H,6-7,10-14H2,1-2H3,(H,34,40)(H,37,39)(H,41,42)(H4,28,29,32)(H4,30,31,33)(H2,35,36,43)/t18-,19-,20+,21+/m0/s1. The average Bonchev–Trinajstić information content (AvgIpc) is 2.94. The molecule has 0 unspecified atom stereocenters. The molecule has 0 fully saturated rings. The van der Waals surface area contributed by atoms with E-state index < -0.39 is 53.9 Å². The van der Waals surface area contributed by atoms with E-state index in [-0.39, 0.29) is 50.7 Å². The average molecular weight is 605 g/mol. The monoisotopic (exact) mass is 604 g/mol. The fraction of sp³-hybridized carbons (Fsp3) is 0.519. The van der Waals surface area contributed by atoms with Crippen LogP contribution in [0.25, 0.3) is 0 Å². The molecule has 0 aliphatic rings. The number of amides is 4. The van der Waals surface area contributed by atoms with Crippen molar-refractivity contribution in [2.24, 2.45) is 38.8 Å². The largest absolute Gasteiger partial charge is 0.480 e. The molecular weight excluding hydrogens is 560 g/mol. The van der Waals surface area contributed by atoms with Crippen LogP contribution in [0.15, 0.2) is 40.3 Å². The SMILES string of the molecule is CC(C)[C@@H](NC(=O)[C@H](CCCN=C(N)N)NC(=O)N[C@H](Cc1ccccc1)C(=O)O)C(=O)N[C@H](C=O)CCCN=C(N)N. The number of aliphatic carboxylic acids is 1. The molecule has 0 aromatic heterocycles. The molecule has 43 heavy (non-hydrogen) atoms. The number of carbonyl (C=O) groups is 5. The minimum Gasteiger partial charge on any atom is -0.480 e. The topological polar surface area (TPSA) is 282 Å². The van der Waals surface area contributed by atoms with Gasteiger partial charge in [-0.3, -0.25) is 19.6 Å². The normalized spacial score (nSPS) is 13.4. The molecule has 0 radical (unpaired) electrons. The van der Waals surface area contributed by atoms with Gasteiger partial charge in [0.25, 0.3) is 0 Å². The number of nitrogens with one attached hydrogen (secondary N) is 4. The Labute approximate surface area is 250 Å². The van der Waals surface area contributed by atoms with Crippen molar-refractivity contribution < 1.29 is 29.1 Å². The fourth-order valence-corrected chi connectivity index (χ4v) is 3.94. The second kappa shape index (κ2) is 19.3. The van der Waals surface area contributed by atoms with Gasteiger partial charge in [0.2, 0.25) is 11.8 Å². The maximum Gasteiger partial charge on any atom is 0.326 e. The van der Waals surface area contributed by atoms with Gasteiger partial charge in [0, 0.05) is 19.5 Å². The van der Waals surface area contributed by atoms with Crippen molar-refractivity contribution in [3.8, 4) is 0 Å². The Bertz CT molecular complexity index is 1120. The Morgan fingerprint density at radius 1 is 0.814 bits per heavy atom. The number of guanidine groups is 2. The highest BCUT2D eigenvalue weighted by atomic mass is 16.4. The third kappa shape index (κ3) is 15.1. The van der Waals surface area contributed by atoms with Gasteiger partial charge < -0.3 is 54.1 Å². The predicted molar refractivity (Wildman–Crippen MR) is 162 cm³/mol. The van der Waals surface area contributed by atoms with Crippen molar-refractivity contribution in [1.82, 2.24) is 21.3 Å². The van der Waals surface area contributed by atoms with E-state index >= 15 is 0 Å². The lowest BCUT2D eigenvalue weighted by Crippen LogP contribution is -2.58. The van der Waals surface area contributed by atoms with Crippen LogP contribution in [0.2, 0.25) is 0 Å². The number of aliphatic imine (C=N–C) groups is 2. The zero-order valence-corrected chi connectivity index (χ0v) is 24.5. The zero-order valence-electron chi connectivity index (χ0n) is 24.5. The molecule has 0 saturated heterocycles. The molecule has 16 heteroatoms. The van der Waals surface area contributed by atoms with Gasteiger partial charge in [-0.2, -0.15) is 0 Å². The first-order chi connectivity index (χ1) is 20.3. The second-order valence-electron chi connectivity index (χ2n) is 10.1. The lowest BCUT2D eigenvalue weighted by Gasteiger charge is -2.27. The number of rotatable bonds is 19. The summed E-state index contributed by atoms with van der Waals surface area (Å²) in [5, 5.41) is 19.7. The van der Waals surface area contributed by atoms with Crippen LogP contribution < -0.4 is 44.2 Å². The third-order valence-electron chi connectivity index (χ3n) is 6.16. The molecule has 4 atom stereocenters. The van der Waals surface area contributed by atoms with Gasteiger partial charge >= 0.3 is 12.0 Å². The van der Waals surface area contributed by atoms with Crippen LogP contribution >= 0.6 is 0 Å². The summed E-state index contributed by atoms with van der Waals surface area (Å²) in [7, 11) is 0. The Kier molecular flexibility index (Phi) is 16.2. The summed E-state index contributed by atoms with van der Waals surface area (Å²) in [6.07, 6.45) is 1.65. The fourth-order valence-electron chi connectivity index (χ4n) is 3.94. The van der Waals surface area contributed by atoms with Gasteiger partial charge in [-0.1, -0.05) is 44.2 Å². The smallest absolute Gasteiger partial charge is 0.326 e. The number of benzene rings is 1. The van der Waals surface area contributed by atoms with Crippen molar-refractivity contribution in [2.45, 2.75) is 70.1 Å². The van der Waals surface area contributed by atoms with Crippen molar-refractivity contribution in [1.29, 1.82) is 0 Å². The molecule has 1 rings (SSSR count). The second-order valence-corrected chi connectivity index (χ2v) is 10.1. The number of hydrogen-bond acceptors (Lipinski definition) is 7. The Balaban J connectivity index is 2.97. The first-order valence-corrected chi connectivity index (χ1v) is 13.8. The number of carboxylic acids is 1. The van der Waals surface area contributed by atoms with Gasteiger partial charge in [0.15, 0.2) is 11.9 Å². The Hall–Kier alpha value is -4.89. The van der Waals surface area contributed by atoms with Crippen molar-refractivity contribution in [3.05, 3.63) is 35.9 Å². The van der Waals surface area contributed by atoms with Crippen LogP contribution in [-0.2, 0) is 25.6 Å². The summed E-state index contributed by atoms with van der Waals surface area (Å²) in [5.74, 6) is -3.17. The Morgan fingerprint density at radius 2 is 1.37 bits per heavy atom. The van der Waals surface area contributed by atoms with Crippen LogP contribution in [-0.4, -0.2) is 84.4 Å². The minimum absolute atomic E-state index is 0.0183. The highest BCUT2D eigenvalue weighted by Gasteiger charge is 2.30. The van der Waals surface area contributed by atoms with E-state index in [0.717, 1.165) is 0 Å². The van der Waals surface area contributed by atoms with E-state index in [1.807, 2.05) is 0 Å². The van der Waals surface area contributed by atoms with Gasteiger partial charge in [0.1, 0.15) is 24.4 Å². The van der Waals surface area contributed by atoms with Crippen LogP contribution in [0.3, 0.4) is 0 Å². The van der Waals surface area contributed by atoms with E-state index in [1.165, 1.54) is 0 Å². The van der Waals surface area contributed by atoms with Gasteiger partial charge in [-0.05, 0) is 37.2 Å².